The fraction of sp³-hybridized carbons (Fsp3) is 0.273. The molecule has 2 aromatic carbocycles. The van der Waals surface area contributed by atoms with E-state index >= 15 is 0 Å². The molecule has 0 bridgehead atoms. The van der Waals surface area contributed by atoms with Crippen molar-refractivity contribution in [2.75, 3.05) is 0 Å². The molecule has 0 amide bonds. The molecule has 0 fully saturated rings. The summed E-state index contributed by atoms with van der Waals surface area (Å²) in [5, 5.41) is 0. The Morgan fingerprint density at radius 1 is 1.00 bits per heavy atom. The lowest BCUT2D eigenvalue weighted by Gasteiger charge is -2.14. The number of halogens is 3. The van der Waals surface area contributed by atoms with Crippen molar-refractivity contribution in [3.63, 3.8) is 0 Å². The molecule has 152 valence electrons. The van der Waals surface area contributed by atoms with Gasteiger partial charge in [0.2, 0.25) is 5.88 Å². The molecule has 0 aliphatic rings. The standard InChI is InChI=1S/C22H21F3N2O2/c1-3-15(2)29-18-11-9-17(10-12-18)20-26-13-19(22(23,24)25)21(27-20)28-14-16-7-5-4-6-8-16/h4-13,15H,3,14H2,1-2H3. The first-order chi connectivity index (χ1) is 13.9. The van der Waals surface area contributed by atoms with Gasteiger partial charge in [-0.3, -0.25) is 0 Å². The lowest BCUT2D eigenvalue weighted by molar-refractivity contribution is -0.139. The van der Waals surface area contributed by atoms with Gasteiger partial charge in [0.25, 0.3) is 0 Å². The zero-order valence-corrected chi connectivity index (χ0v) is 16.1. The van der Waals surface area contributed by atoms with Crippen molar-refractivity contribution < 1.29 is 22.6 Å². The summed E-state index contributed by atoms with van der Waals surface area (Å²) in [7, 11) is 0. The maximum absolute atomic E-state index is 13.3. The van der Waals surface area contributed by atoms with Gasteiger partial charge < -0.3 is 9.47 Å². The lowest BCUT2D eigenvalue weighted by atomic mass is 10.2. The number of nitrogens with zero attached hydrogens (tertiary/aromatic N) is 2. The Labute approximate surface area is 167 Å². The fourth-order valence-corrected chi connectivity index (χ4v) is 2.53. The summed E-state index contributed by atoms with van der Waals surface area (Å²) in [6.45, 7) is 3.96. The molecule has 0 spiro atoms. The van der Waals surface area contributed by atoms with Crippen LogP contribution in [0.25, 0.3) is 11.4 Å². The van der Waals surface area contributed by atoms with E-state index in [4.69, 9.17) is 9.47 Å². The van der Waals surface area contributed by atoms with Gasteiger partial charge in [0, 0.05) is 11.8 Å². The predicted octanol–water partition coefficient (Wildman–Crippen LogP) is 5.92. The highest BCUT2D eigenvalue weighted by Crippen LogP contribution is 2.36. The second-order valence-electron chi connectivity index (χ2n) is 6.55. The van der Waals surface area contributed by atoms with E-state index in [2.05, 4.69) is 9.97 Å². The molecule has 0 N–H and O–H groups in total. The highest BCUT2D eigenvalue weighted by Gasteiger charge is 2.36. The zero-order chi connectivity index (χ0) is 20.9. The maximum atomic E-state index is 13.3. The summed E-state index contributed by atoms with van der Waals surface area (Å²) in [4.78, 5) is 7.92. The summed E-state index contributed by atoms with van der Waals surface area (Å²) in [5.41, 5.74) is 0.307. The van der Waals surface area contributed by atoms with Gasteiger partial charge in [-0.25, -0.2) is 4.98 Å². The Balaban J connectivity index is 1.86. The Bertz CT molecular complexity index is 929. The molecule has 1 atom stereocenters. The minimum atomic E-state index is -4.61. The Morgan fingerprint density at radius 3 is 2.31 bits per heavy atom. The fourth-order valence-electron chi connectivity index (χ4n) is 2.53. The van der Waals surface area contributed by atoms with Crippen LogP contribution < -0.4 is 9.47 Å². The molecule has 0 saturated heterocycles. The first-order valence-corrected chi connectivity index (χ1v) is 9.25. The smallest absolute Gasteiger partial charge is 0.423 e. The van der Waals surface area contributed by atoms with Gasteiger partial charge >= 0.3 is 6.18 Å². The quantitative estimate of drug-likeness (QED) is 0.492. The largest absolute Gasteiger partial charge is 0.491 e. The summed E-state index contributed by atoms with van der Waals surface area (Å²) in [6.07, 6.45) is -2.92. The molecule has 1 heterocycles. The molecule has 4 nitrogen and oxygen atoms in total. The van der Waals surface area contributed by atoms with Crippen LogP contribution in [0.2, 0.25) is 0 Å². The molecule has 1 unspecified atom stereocenters. The molecule has 3 aromatic rings. The van der Waals surface area contributed by atoms with E-state index in [0.717, 1.165) is 18.2 Å². The number of rotatable bonds is 7. The summed E-state index contributed by atoms with van der Waals surface area (Å²) in [5.74, 6) is 0.331. The SMILES string of the molecule is CCC(C)Oc1ccc(-c2ncc(C(F)(F)F)c(OCc3ccccc3)n2)cc1. The molecule has 0 aliphatic carbocycles. The number of ether oxygens (including phenoxy) is 2. The van der Waals surface area contributed by atoms with Gasteiger partial charge in [-0.15, -0.1) is 0 Å². The minimum Gasteiger partial charge on any atom is -0.491 e. The molecule has 29 heavy (non-hydrogen) atoms. The third-order valence-corrected chi connectivity index (χ3v) is 4.30. The Hall–Kier alpha value is -3.09. The summed E-state index contributed by atoms with van der Waals surface area (Å²) in [6, 6.07) is 15.8. The van der Waals surface area contributed by atoms with Crippen molar-refractivity contribution in [1.82, 2.24) is 9.97 Å². The first kappa shape index (κ1) is 20.6. The molecule has 7 heteroatoms. The zero-order valence-electron chi connectivity index (χ0n) is 16.1. The highest BCUT2D eigenvalue weighted by molar-refractivity contribution is 5.57. The lowest BCUT2D eigenvalue weighted by Crippen LogP contribution is -2.12. The van der Waals surface area contributed by atoms with Crippen molar-refractivity contribution in [3.05, 3.63) is 71.9 Å². The van der Waals surface area contributed by atoms with Crippen molar-refractivity contribution >= 4 is 0 Å². The van der Waals surface area contributed by atoms with Crippen molar-refractivity contribution in [1.29, 1.82) is 0 Å². The van der Waals surface area contributed by atoms with Gasteiger partial charge in [0.1, 0.15) is 17.9 Å². The number of benzene rings is 2. The highest BCUT2D eigenvalue weighted by atomic mass is 19.4. The van der Waals surface area contributed by atoms with Crippen LogP contribution in [0.1, 0.15) is 31.4 Å². The molecular weight excluding hydrogens is 381 g/mol. The minimum absolute atomic E-state index is 0.0257. The topological polar surface area (TPSA) is 44.2 Å². The van der Waals surface area contributed by atoms with Crippen LogP contribution in [-0.2, 0) is 12.8 Å². The van der Waals surface area contributed by atoms with Crippen LogP contribution in [0.15, 0.2) is 60.8 Å². The van der Waals surface area contributed by atoms with E-state index < -0.39 is 17.6 Å². The number of aromatic nitrogens is 2. The molecule has 0 saturated carbocycles. The van der Waals surface area contributed by atoms with Gasteiger partial charge in [0.15, 0.2) is 5.82 Å². The Morgan fingerprint density at radius 2 is 1.69 bits per heavy atom. The Kier molecular flexibility index (Phi) is 6.36. The maximum Gasteiger partial charge on any atom is 0.423 e. The predicted molar refractivity (Wildman–Crippen MR) is 104 cm³/mol. The normalized spacial score (nSPS) is 12.4. The van der Waals surface area contributed by atoms with E-state index in [1.54, 1.807) is 48.5 Å². The third kappa shape index (κ3) is 5.47. The second-order valence-corrected chi connectivity index (χ2v) is 6.55. The van der Waals surface area contributed by atoms with Crippen molar-refractivity contribution in [2.45, 2.75) is 39.2 Å². The number of hydrogen-bond acceptors (Lipinski definition) is 4. The first-order valence-electron chi connectivity index (χ1n) is 9.25. The molecule has 0 aliphatic heterocycles. The van der Waals surface area contributed by atoms with Gasteiger partial charge in [-0.2, -0.15) is 18.2 Å². The van der Waals surface area contributed by atoms with Crippen LogP contribution in [0.5, 0.6) is 11.6 Å². The van der Waals surface area contributed by atoms with Crippen LogP contribution in [0.4, 0.5) is 13.2 Å². The van der Waals surface area contributed by atoms with Crippen LogP contribution in [-0.4, -0.2) is 16.1 Å². The van der Waals surface area contributed by atoms with E-state index in [-0.39, 0.29) is 18.5 Å². The van der Waals surface area contributed by atoms with Crippen LogP contribution in [0, 0.1) is 0 Å². The van der Waals surface area contributed by atoms with E-state index in [1.807, 2.05) is 19.9 Å². The number of hydrogen-bond donors (Lipinski definition) is 0. The van der Waals surface area contributed by atoms with Crippen LogP contribution >= 0.6 is 0 Å². The van der Waals surface area contributed by atoms with Gasteiger partial charge in [-0.1, -0.05) is 37.3 Å². The van der Waals surface area contributed by atoms with E-state index in [9.17, 15) is 13.2 Å². The molecule has 3 rings (SSSR count). The average Bonchev–Trinajstić information content (AvgIpc) is 2.72. The van der Waals surface area contributed by atoms with E-state index in [1.165, 1.54) is 0 Å². The van der Waals surface area contributed by atoms with Crippen molar-refractivity contribution in [3.8, 4) is 23.0 Å². The summed E-state index contributed by atoms with van der Waals surface area (Å²) < 4.78 is 51.1. The van der Waals surface area contributed by atoms with Crippen molar-refractivity contribution in [2.24, 2.45) is 0 Å². The van der Waals surface area contributed by atoms with Gasteiger partial charge in [-0.05, 0) is 43.2 Å². The molecule has 0 radical (unpaired) electrons. The second kappa shape index (κ2) is 8.94. The van der Waals surface area contributed by atoms with E-state index in [0.29, 0.717) is 11.3 Å². The monoisotopic (exact) mass is 402 g/mol. The molecular formula is C22H21F3N2O2. The number of alkyl halides is 3. The third-order valence-electron chi connectivity index (χ3n) is 4.30. The van der Waals surface area contributed by atoms with Gasteiger partial charge in [0.05, 0.1) is 6.10 Å². The molecule has 1 aromatic heterocycles. The average molecular weight is 402 g/mol. The van der Waals surface area contributed by atoms with Crippen LogP contribution in [0.3, 0.4) is 0 Å². The summed E-state index contributed by atoms with van der Waals surface area (Å²) >= 11 is 0.